The van der Waals surface area contributed by atoms with E-state index in [0.29, 0.717) is 0 Å². The van der Waals surface area contributed by atoms with Gasteiger partial charge in [0, 0.05) is 0 Å². The minimum atomic E-state index is -0.777. The molecule has 4 rings (SSSR count). The van der Waals surface area contributed by atoms with Crippen LogP contribution >= 0.6 is 0 Å². The van der Waals surface area contributed by atoms with Gasteiger partial charge in [0.25, 0.3) is 5.56 Å². The van der Waals surface area contributed by atoms with Crippen molar-refractivity contribution in [3.63, 3.8) is 0 Å². The summed E-state index contributed by atoms with van der Waals surface area (Å²) in [7, 11) is 0. The quantitative estimate of drug-likeness (QED) is 0.298. The fraction of sp³-hybridized carbons (Fsp3) is 0.240. The van der Waals surface area contributed by atoms with E-state index < -0.39 is 23.6 Å². The monoisotopic (exact) mass is 491 g/mol. The molecule has 0 atom stereocenters. The van der Waals surface area contributed by atoms with Gasteiger partial charge in [-0.3, -0.25) is 23.9 Å². The molecule has 0 aliphatic heterocycles. The molecule has 0 aliphatic carbocycles. The van der Waals surface area contributed by atoms with Gasteiger partial charge in [-0.1, -0.05) is 60.7 Å². The zero-order valence-corrected chi connectivity index (χ0v) is 19.3. The van der Waals surface area contributed by atoms with Gasteiger partial charge in [0.05, 0.1) is 19.2 Å². The molecular weight excluding hydrogens is 466 g/mol. The van der Waals surface area contributed by atoms with Gasteiger partial charge < -0.3 is 19.9 Å². The number of anilines is 1. The fourth-order valence-electron chi connectivity index (χ4n) is 3.39. The second kappa shape index (κ2) is 11.8. The summed E-state index contributed by atoms with van der Waals surface area (Å²) in [6, 6.07) is 18.4. The van der Waals surface area contributed by atoms with Gasteiger partial charge in [0.1, 0.15) is 26.0 Å². The van der Waals surface area contributed by atoms with Crippen molar-refractivity contribution in [2.75, 3.05) is 18.9 Å². The molecule has 0 bridgehead atoms. The maximum Gasteiger partial charge on any atom is 0.310 e. The Kier molecular flexibility index (Phi) is 8.04. The van der Waals surface area contributed by atoms with Crippen molar-refractivity contribution in [3.05, 3.63) is 88.5 Å². The molecule has 0 aliphatic rings. The number of nitrogens with zero attached hydrogens (tertiary/aromatic N) is 3. The van der Waals surface area contributed by atoms with Crippen molar-refractivity contribution in [1.82, 2.24) is 19.5 Å². The number of benzene rings is 2. The normalized spacial score (nSPS) is 11.0. The smallest absolute Gasteiger partial charge is 0.310 e. The summed E-state index contributed by atoms with van der Waals surface area (Å²) in [4.78, 5) is 47.1. The van der Waals surface area contributed by atoms with Gasteiger partial charge in [-0.25, -0.2) is 4.98 Å². The first kappa shape index (κ1) is 24.6. The molecular formula is C25H25N5O6. The molecule has 0 saturated carbocycles. The first-order valence-electron chi connectivity index (χ1n) is 11.2. The van der Waals surface area contributed by atoms with E-state index in [1.165, 1.54) is 10.9 Å². The molecule has 4 aromatic rings. The Morgan fingerprint density at radius 3 is 2.03 bits per heavy atom. The zero-order valence-electron chi connectivity index (χ0n) is 19.3. The third-order valence-electron chi connectivity index (χ3n) is 5.19. The third kappa shape index (κ3) is 6.76. The number of hydrogen-bond donors (Lipinski definition) is 2. The molecule has 11 nitrogen and oxygen atoms in total. The molecule has 3 N–H and O–H groups in total. The molecule has 2 heterocycles. The summed E-state index contributed by atoms with van der Waals surface area (Å²) >= 11 is 0. The highest BCUT2D eigenvalue weighted by Crippen LogP contribution is 2.09. The molecule has 11 heteroatoms. The van der Waals surface area contributed by atoms with Gasteiger partial charge in [0.15, 0.2) is 11.2 Å². The molecule has 0 unspecified atom stereocenters. The van der Waals surface area contributed by atoms with Crippen molar-refractivity contribution >= 4 is 29.1 Å². The summed E-state index contributed by atoms with van der Waals surface area (Å²) in [5, 5.41) is 0. The van der Waals surface area contributed by atoms with Crippen molar-refractivity contribution in [1.29, 1.82) is 0 Å². The molecule has 0 spiro atoms. The molecule has 36 heavy (non-hydrogen) atoms. The number of hydrogen-bond acceptors (Lipinski definition) is 9. The number of aromatic amines is 1. The zero-order chi connectivity index (χ0) is 25.3. The number of imidazole rings is 1. The van der Waals surface area contributed by atoms with Gasteiger partial charge >= 0.3 is 11.9 Å². The van der Waals surface area contributed by atoms with E-state index in [9.17, 15) is 14.4 Å². The Hall–Kier alpha value is -4.51. The lowest BCUT2D eigenvalue weighted by Crippen LogP contribution is -2.30. The van der Waals surface area contributed by atoms with Crippen molar-refractivity contribution < 1.29 is 23.8 Å². The number of carbonyl (C=O) groups excluding carboxylic acids is 2. The standard InChI is InChI=1S/C25H25N5O6/c26-25-28-23-22(24(33)29-25)27-15-30(23)16-36-19(13-34-20(31)11-17-7-3-1-4-8-17)14-35-21(32)12-18-9-5-2-6-10-18/h1-10,15,19H,11-14,16H2,(H3,26,28,29,33). The second-order valence-corrected chi connectivity index (χ2v) is 7.95. The average molecular weight is 492 g/mol. The third-order valence-corrected chi connectivity index (χ3v) is 5.19. The van der Waals surface area contributed by atoms with Crippen LogP contribution in [0.25, 0.3) is 11.2 Å². The van der Waals surface area contributed by atoms with Crippen LogP contribution in [0.15, 0.2) is 71.8 Å². The maximum absolute atomic E-state index is 12.3. The summed E-state index contributed by atoms with van der Waals surface area (Å²) in [6.07, 6.45) is 0.798. The van der Waals surface area contributed by atoms with Gasteiger partial charge in [-0.15, -0.1) is 0 Å². The highest BCUT2D eigenvalue weighted by molar-refractivity contribution is 5.73. The first-order valence-corrected chi connectivity index (χ1v) is 11.2. The van der Waals surface area contributed by atoms with Crippen molar-refractivity contribution in [2.24, 2.45) is 0 Å². The SMILES string of the molecule is Nc1nc2c(ncn2COC(COC(=O)Cc2ccccc2)COC(=O)Cc2ccccc2)c(=O)[nH]1. The predicted molar refractivity (Wildman–Crippen MR) is 130 cm³/mol. The number of H-pyrrole nitrogens is 1. The number of ether oxygens (including phenoxy) is 3. The summed E-state index contributed by atoms with van der Waals surface area (Å²) in [5.74, 6) is -0.950. The Morgan fingerprint density at radius 2 is 1.47 bits per heavy atom. The molecule has 0 saturated heterocycles. The number of aromatic nitrogens is 4. The predicted octanol–water partition coefficient (Wildman–Crippen LogP) is 1.62. The van der Waals surface area contributed by atoms with Crippen molar-refractivity contribution in [2.45, 2.75) is 25.7 Å². The molecule has 0 fully saturated rings. The average Bonchev–Trinajstić information content (AvgIpc) is 3.28. The van der Waals surface area contributed by atoms with Crippen LogP contribution in [0.4, 0.5) is 5.95 Å². The highest BCUT2D eigenvalue weighted by Gasteiger charge is 2.18. The molecule has 186 valence electrons. The van der Waals surface area contributed by atoms with E-state index in [1.54, 1.807) is 0 Å². The Balaban J connectivity index is 1.38. The number of rotatable bonds is 11. The van der Waals surface area contributed by atoms with E-state index in [-0.39, 0.29) is 49.9 Å². The maximum atomic E-state index is 12.3. The summed E-state index contributed by atoms with van der Waals surface area (Å²) < 4.78 is 18.1. The number of nitrogen functional groups attached to an aromatic ring is 1. The lowest BCUT2D eigenvalue weighted by Gasteiger charge is -2.18. The molecule has 0 amide bonds. The summed E-state index contributed by atoms with van der Waals surface area (Å²) in [6.45, 7) is -0.385. The number of nitrogens with two attached hydrogens (primary N) is 1. The summed E-state index contributed by atoms with van der Waals surface area (Å²) in [5.41, 5.74) is 7.12. The van der Waals surface area contributed by atoms with Crippen molar-refractivity contribution in [3.8, 4) is 0 Å². The van der Waals surface area contributed by atoms with Gasteiger partial charge in [-0.05, 0) is 11.1 Å². The van der Waals surface area contributed by atoms with E-state index >= 15 is 0 Å². The number of fused-ring (bicyclic) bond motifs is 1. The number of carbonyl (C=O) groups is 2. The largest absolute Gasteiger partial charge is 0.463 e. The fourth-order valence-corrected chi connectivity index (χ4v) is 3.39. The molecule has 0 radical (unpaired) electrons. The van der Waals surface area contributed by atoms with Crippen LogP contribution in [-0.2, 0) is 43.4 Å². The van der Waals surface area contributed by atoms with Crippen LogP contribution in [0, 0.1) is 0 Å². The lowest BCUT2D eigenvalue weighted by atomic mass is 10.1. The minimum absolute atomic E-state index is 0.0597. The topological polar surface area (TPSA) is 151 Å². The van der Waals surface area contributed by atoms with Crippen LogP contribution in [0.1, 0.15) is 11.1 Å². The van der Waals surface area contributed by atoms with E-state index in [0.717, 1.165) is 11.1 Å². The van der Waals surface area contributed by atoms with E-state index in [4.69, 9.17) is 19.9 Å². The Labute approximate surface area is 205 Å². The van der Waals surface area contributed by atoms with Crippen LogP contribution in [0.5, 0.6) is 0 Å². The van der Waals surface area contributed by atoms with Crippen LogP contribution in [-0.4, -0.2) is 50.8 Å². The van der Waals surface area contributed by atoms with Gasteiger partial charge in [-0.2, -0.15) is 4.98 Å². The highest BCUT2D eigenvalue weighted by atomic mass is 16.6. The van der Waals surface area contributed by atoms with Crippen LogP contribution in [0.3, 0.4) is 0 Å². The number of nitrogens with one attached hydrogen (secondary N) is 1. The Morgan fingerprint density at radius 1 is 0.917 bits per heavy atom. The minimum Gasteiger partial charge on any atom is -0.463 e. The van der Waals surface area contributed by atoms with Crippen LogP contribution < -0.4 is 11.3 Å². The Bertz CT molecular complexity index is 1310. The second-order valence-electron chi connectivity index (χ2n) is 7.95. The first-order chi connectivity index (χ1) is 17.5. The molecule has 2 aromatic carbocycles. The molecule has 2 aromatic heterocycles. The van der Waals surface area contributed by atoms with E-state index in [2.05, 4.69) is 15.0 Å². The van der Waals surface area contributed by atoms with E-state index in [1.807, 2.05) is 60.7 Å². The lowest BCUT2D eigenvalue weighted by molar-refractivity contribution is -0.156. The van der Waals surface area contributed by atoms with Crippen LogP contribution in [0.2, 0.25) is 0 Å². The van der Waals surface area contributed by atoms with Gasteiger partial charge in [0.2, 0.25) is 5.95 Å². The number of esters is 2.